The van der Waals surface area contributed by atoms with Crippen molar-refractivity contribution >= 4 is 12.4 Å². The molecule has 0 amide bonds. The number of nitrogens with one attached hydrogen (secondary N) is 1. The summed E-state index contributed by atoms with van der Waals surface area (Å²) < 4.78 is 25.1. The molecule has 1 aromatic rings. The summed E-state index contributed by atoms with van der Waals surface area (Å²) in [5.41, 5.74) is 1.24. The molecule has 0 bridgehead atoms. The largest absolute Gasteiger partial charge is 0.317 e. The van der Waals surface area contributed by atoms with Crippen LogP contribution in [-0.4, -0.2) is 30.6 Å². The Hall–Kier alpha value is -0.710. The van der Waals surface area contributed by atoms with Gasteiger partial charge in [0.15, 0.2) is 0 Å². The zero-order chi connectivity index (χ0) is 14.4. The molecule has 1 saturated heterocycles. The molecule has 0 radical (unpaired) electrons. The highest BCUT2D eigenvalue weighted by atomic mass is 35.5. The topological polar surface area (TPSA) is 15.3 Å². The lowest BCUT2D eigenvalue weighted by atomic mass is 10.0. The molecule has 0 unspecified atom stereocenters. The lowest BCUT2D eigenvalue weighted by Gasteiger charge is -2.34. The third-order valence-corrected chi connectivity index (χ3v) is 3.95. The van der Waals surface area contributed by atoms with Gasteiger partial charge in [-0.25, -0.2) is 8.78 Å². The van der Waals surface area contributed by atoms with E-state index in [0.29, 0.717) is 6.04 Å². The molecule has 0 aliphatic carbocycles. The molecule has 0 aromatic heterocycles. The van der Waals surface area contributed by atoms with Crippen molar-refractivity contribution in [3.05, 3.63) is 35.4 Å². The van der Waals surface area contributed by atoms with E-state index in [1.807, 2.05) is 12.1 Å². The standard InChI is InChI=1S/C16H24F2N2.ClH/c1-2-11-20(15-7-9-19-10-8-15)12-13-3-5-14(6-4-13)16(17)18;/h3-6,15-16,19H,2,7-12H2,1H3;1H. The van der Waals surface area contributed by atoms with Crippen molar-refractivity contribution in [3.8, 4) is 0 Å². The summed E-state index contributed by atoms with van der Waals surface area (Å²) >= 11 is 0. The van der Waals surface area contributed by atoms with Crippen molar-refractivity contribution in [3.63, 3.8) is 0 Å². The van der Waals surface area contributed by atoms with Crippen LogP contribution < -0.4 is 5.32 Å². The maximum Gasteiger partial charge on any atom is 0.263 e. The number of rotatable bonds is 6. The average Bonchev–Trinajstić information content (AvgIpc) is 2.48. The van der Waals surface area contributed by atoms with Crippen LogP contribution >= 0.6 is 12.4 Å². The van der Waals surface area contributed by atoms with Crippen LogP contribution in [0.5, 0.6) is 0 Å². The van der Waals surface area contributed by atoms with E-state index in [9.17, 15) is 8.78 Å². The first-order chi connectivity index (χ1) is 9.70. The van der Waals surface area contributed by atoms with Crippen molar-refractivity contribution in [1.82, 2.24) is 10.2 Å². The number of alkyl halides is 2. The molecule has 1 aliphatic rings. The Morgan fingerprint density at radius 1 is 1.19 bits per heavy atom. The first kappa shape index (κ1) is 18.3. The first-order valence-corrected chi connectivity index (χ1v) is 7.52. The Kier molecular flexibility index (Phi) is 8.15. The molecular formula is C16H25ClF2N2. The molecule has 5 heteroatoms. The second-order valence-corrected chi connectivity index (χ2v) is 5.49. The SMILES string of the molecule is CCCN(Cc1ccc(C(F)F)cc1)C1CCNCC1.Cl. The van der Waals surface area contributed by atoms with E-state index in [4.69, 9.17) is 0 Å². The maximum absolute atomic E-state index is 12.6. The van der Waals surface area contributed by atoms with Gasteiger partial charge in [0.1, 0.15) is 0 Å². The molecule has 1 heterocycles. The van der Waals surface area contributed by atoms with Crippen LogP contribution in [0.2, 0.25) is 0 Å². The van der Waals surface area contributed by atoms with E-state index in [1.54, 1.807) is 12.1 Å². The minimum Gasteiger partial charge on any atom is -0.317 e. The highest BCUT2D eigenvalue weighted by molar-refractivity contribution is 5.85. The fraction of sp³-hybridized carbons (Fsp3) is 0.625. The Balaban J connectivity index is 0.00000220. The lowest BCUT2D eigenvalue weighted by Crippen LogP contribution is -2.43. The lowest BCUT2D eigenvalue weighted by molar-refractivity contribution is 0.150. The van der Waals surface area contributed by atoms with Crippen LogP contribution in [0.3, 0.4) is 0 Å². The van der Waals surface area contributed by atoms with Crippen molar-refractivity contribution in [2.24, 2.45) is 0 Å². The minimum absolute atomic E-state index is 0. The maximum atomic E-state index is 12.6. The molecule has 0 spiro atoms. The highest BCUT2D eigenvalue weighted by Gasteiger charge is 2.20. The van der Waals surface area contributed by atoms with E-state index < -0.39 is 6.43 Å². The summed E-state index contributed by atoms with van der Waals surface area (Å²) in [5.74, 6) is 0. The Bertz CT molecular complexity index is 392. The number of hydrogen-bond acceptors (Lipinski definition) is 2. The summed E-state index contributed by atoms with van der Waals surface area (Å²) in [6.45, 7) is 6.28. The predicted octanol–water partition coefficient (Wildman–Crippen LogP) is 4.01. The molecule has 2 nitrogen and oxygen atoms in total. The normalized spacial score (nSPS) is 16.2. The van der Waals surface area contributed by atoms with Gasteiger partial charge in [0, 0.05) is 18.2 Å². The molecule has 21 heavy (non-hydrogen) atoms. The molecule has 1 N–H and O–H groups in total. The first-order valence-electron chi connectivity index (χ1n) is 7.52. The molecular weight excluding hydrogens is 294 g/mol. The third-order valence-electron chi connectivity index (χ3n) is 3.95. The Labute approximate surface area is 132 Å². The quantitative estimate of drug-likeness (QED) is 0.852. The van der Waals surface area contributed by atoms with E-state index in [-0.39, 0.29) is 18.0 Å². The van der Waals surface area contributed by atoms with Gasteiger partial charge in [0.2, 0.25) is 0 Å². The second kappa shape index (κ2) is 9.34. The molecule has 120 valence electrons. The zero-order valence-corrected chi connectivity index (χ0v) is 13.3. The van der Waals surface area contributed by atoms with Crippen LogP contribution in [0.15, 0.2) is 24.3 Å². The van der Waals surface area contributed by atoms with E-state index in [0.717, 1.165) is 38.2 Å². The van der Waals surface area contributed by atoms with Gasteiger partial charge in [0.25, 0.3) is 6.43 Å². The Morgan fingerprint density at radius 2 is 1.81 bits per heavy atom. The highest BCUT2D eigenvalue weighted by Crippen LogP contribution is 2.21. The van der Waals surface area contributed by atoms with Crippen molar-refractivity contribution in [1.29, 1.82) is 0 Å². The van der Waals surface area contributed by atoms with Crippen LogP contribution in [0.25, 0.3) is 0 Å². The summed E-state index contributed by atoms with van der Waals surface area (Å²) in [5, 5.41) is 3.39. The van der Waals surface area contributed by atoms with Gasteiger partial charge in [0.05, 0.1) is 0 Å². The number of benzene rings is 1. The van der Waals surface area contributed by atoms with Crippen molar-refractivity contribution in [2.75, 3.05) is 19.6 Å². The smallest absolute Gasteiger partial charge is 0.263 e. The van der Waals surface area contributed by atoms with Gasteiger partial charge in [-0.05, 0) is 44.5 Å². The fourth-order valence-corrected chi connectivity index (χ4v) is 2.85. The number of halogens is 3. The van der Waals surface area contributed by atoms with Crippen molar-refractivity contribution in [2.45, 2.75) is 45.2 Å². The summed E-state index contributed by atoms with van der Waals surface area (Å²) in [6, 6.07) is 7.39. The van der Waals surface area contributed by atoms with Gasteiger partial charge < -0.3 is 5.32 Å². The van der Waals surface area contributed by atoms with Crippen molar-refractivity contribution < 1.29 is 8.78 Å². The van der Waals surface area contributed by atoms with Gasteiger partial charge in [-0.3, -0.25) is 4.90 Å². The predicted molar refractivity (Wildman–Crippen MR) is 85.2 cm³/mol. The second-order valence-electron chi connectivity index (χ2n) is 5.49. The average molecular weight is 319 g/mol. The molecule has 2 rings (SSSR count). The number of piperidine rings is 1. The molecule has 1 fully saturated rings. The molecule has 0 atom stereocenters. The molecule has 0 saturated carbocycles. The summed E-state index contributed by atoms with van der Waals surface area (Å²) in [7, 11) is 0. The van der Waals surface area contributed by atoms with E-state index in [2.05, 4.69) is 17.1 Å². The number of hydrogen-bond donors (Lipinski definition) is 1. The van der Waals surface area contributed by atoms with Gasteiger partial charge in [-0.2, -0.15) is 0 Å². The van der Waals surface area contributed by atoms with Crippen LogP contribution in [-0.2, 0) is 6.54 Å². The molecule has 1 aliphatic heterocycles. The zero-order valence-electron chi connectivity index (χ0n) is 12.5. The monoisotopic (exact) mass is 318 g/mol. The van der Waals surface area contributed by atoms with Gasteiger partial charge in [-0.1, -0.05) is 31.2 Å². The van der Waals surface area contributed by atoms with Gasteiger partial charge >= 0.3 is 0 Å². The van der Waals surface area contributed by atoms with Gasteiger partial charge in [-0.15, -0.1) is 12.4 Å². The van der Waals surface area contributed by atoms with Crippen LogP contribution in [0.1, 0.15) is 43.7 Å². The minimum atomic E-state index is -2.37. The third kappa shape index (κ3) is 5.53. The molecule has 1 aromatic carbocycles. The Morgan fingerprint density at radius 3 is 2.33 bits per heavy atom. The van der Waals surface area contributed by atoms with Crippen LogP contribution in [0, 0.1) is 0 Å². The number of nitrogens with zero attached hydrogens (tertiary/aromatic N) is 1. The summed E-state index contributed by atoms with van der Waals surface area (Å²) in [4.78, 5) is 2.50. The van der Waals surface area contributed by atoms with Crippen LogP contribution in [0.4, 0.5) is 8.78 Å². The van der Waals surface area contributed by atoms with E-state index >= 15 is 0 Å². The van der Waals surface area contributed by atoms with E-state index in [1.165, 1.54) is 12.8 Å². The fourth-order valence-electron chi connectivity index (χ4n) is 2.85. The summed E-state index contributed by atoms with van der Waals surface area (Å²) in [6.07, 6.45) is 1.10.